The van der Waals surface area contributed by atoms with Gasteiger partial charge in [0.1, 0.15) is 0 Å². The van der Waals surface area contributed by atoms with Gasteiger partial charge >= 0.3 is 5.97 Å². The summed E-state index contributed by atoms with van der Waals surface area (Å²) in [6, 6.07) is 20.7. The summed E-state index contributed by atoms with van der Waals surface area (Å²) in [7, 11) is -1.34. The average molecular weight is 369 g/mol. The lowest BCUT2D eigenvalue weighted by atomic mass is 10.2. The number of ether oxygens (including phenoxy) is 1. The lowest BCUT2D eigenvalue weighted by Crippen LogP contribution is -2.67. The Bertz CT molecular complexity index is 708. The predicted octanol–water partition coefficient (Wildman–Crippen LogP) is 3.68. The van der Waals surface area contributed by atoms with Crippen molar-refractivity contribution in [1.82, 2.24) is 0 Å². The SMILES string of the molecule is C=C(C(=O)OC)C(C)O[Si](c1ccccc1)(c1ccccc1)C(C)(C)C. The molecule has 0 bridgehead atoms. The molecule has 1 unspecified atom stereocenters. The molecule has 0 amide bonds. The van der Waals surface area contributed by atoms with Gasteiger partial charge < -0.3 is 9.16 Å². The molecule has 0 aliphatic rings. The summed E-state index contributed by atoms with van der Waals surface area (Å²) < 4.78 is 11.6. The summed E-state index contributed by atoms with van der Waals surface area (Å²) in [5, 5.41) is 2.19. The maximum Gasteiger partial charge on any atom is 0.335 e. The zero-order chi connectivity index (χ0) is 19.4. The zero-order valence-electron chi connectivity index (χ0n) is 16.3. The van der Waals surface area contributed by atoms with Crippen molar-refractivity contribution >= 4 is 24.7 Å². The molecule has 2 aromatic carbocycles. The number of carbonyl (C=O) groups excluding carboxylic acids is 1. The van der Waals surface area contributed by atoms with Crippen LogP contribution in [0.15, 0.2) is 72.8 Å². The molecular weight excluding hydrogens is 340 g/mol. The fourth-order valence-electron chi connectivity index (χ4n) is 3.32. The van der Waals surface area contributed by atoms with Crippen LogP contribution in [-0.2, 0) is 14.0 Å². The van der Waals surface area contributed by atoms with E-state index in [-0.39, 0.29) is 5.04 Å². The molecule has 0 heterocycles. The molecule has 0 aliphatic heterocycles. The molecule has 0 saturated heterocycles. The summed E-state index contributed by atoms with van der Waals surface area (Å²) in [5.74, 6) is -0.435. The summed E-state index contributed by atoms with van der Waals surface area (Å²) in [5.41, 5.74) is 0.334. The molecule has 2 aromatic rings. The number of rotatable bonds is 6. The van der Waals surface area contributed by atoms with Gasteiger partial charge in [-0.3, -0.25) is 0 Å². The van der Waals surface area contributed by atoms with E-state index in [1.165, 1.54) is 17.5 Å². The standard InChI is InChI=1S/C22H28O3Si/c1-17(21(23)24-6)18(2)25-26(22(3,4)5,19-13-9-7-10-14-19)20-15-11-8-12-16-20/h7-16,18H,1H2,2-6H3. The monoisotopic (exact) mass is 368 g/mol. The van der Waals surface area contributed by atoms with Crippen LogP contribution in [0.2, 0.25) is 5.04 Å². The Hall–Kier alpha value is -2.17. The second-order valence-electron chi connectivity index (χ2n) is 7.44. The summed E-state index contributed by atoms with van der Waals surface area (Å²) in [4.78, 5) is 12.0. The molecular formula is C22H28O3Si. The Morgan fingerprint density at radius 3 is 1.73 bits per heavy atom. The minimum Gasteiger partial charge on any atom is -0.466 e. The predicted molar refractivity (Wildman–Crippen MR) is 109 cm³/mol. The van der Waals surface area contributed by atoms with Crippen LogP contribution in [0.1, 0.15) is 27.7 Å². The molecule has 138 valence electrons. The van der Waals surface area contributed by atoms with Gasteiger partial charge in [-0.25, -0.2) is 4.79 Å². The highest BCUT2D eigenvalue weighted by atomic mass is 28.4. The van der Waals surface area contributed by atoms with E-state index in [1.54, 1.807) is 0 Å². The van der Waals surface area contributed by atoms with E-state index in [0.29, 0.717) is 5.57 Å². The third-order valence-electron chi connectivity index (χ3n) is 4.71. The molecule has 0 spiro atoms. The van der Waals surface area contributed by atoms with E-state index in [2.05, 4.69) is 51.6 Å². The van der Waals surface area contributed by atoms with Gasteiger partial charge in [0.05, 0.1) is 18.8 Å². The summed E-state index contributed by atoms with van der Waals surface area (Å²) in [6.45, 7) is 12.4. The summed E-state index contributed by atoms with van der Waals surface area (Å²) in [6.07, 6.45) is -0.450. The van der Waals surface area contributed by atoms with E-state index in [1.807, 2.05) is 43.3 Å². The van der Waals surface area contributed by atoms with Crippen LogP contribution in [-0.4, -0.2) is 27.5 Å². The lowest BCUT2D eigenvalue weighted by Gasteiger charge is -2.44. The van der Waals surface area contributed by atoms with Gasteiger partial charge in [-0.2, -0.15) is 0 Å². The Labute approximate surface area is 157 Å². The van der Waals surface area contributed by atoms with Crippen LogP contribution in [0.4, 0.5) is 0 Å². The number of carbonyl (C=O) groups is 1. The van der Waals surface area contributed by atoms with Crippen LogP contribution in [0.5, 0.6) is 0 Å². The minimum absolute atomic E-state index is 0.152. The van der Waals surface area contributed by atoms with Crippen molar-refractivity contribution in [1.29, 1.82) is 0 Å². The quantitative estimate of drug-likeness (QED) is 0.443. The fourth-order valence-corrected chi connectivity index (χ4v) is 8.01. The molecule has 1 atom stereocenters. The molecule has 2 rings (SSSR count). The highest BCUT2D eigenvalue weighted by Crippen LogP contribution is 2.38. The topological polar surface area (TPSA) is 35.5 Å². The first-order valence-corrected chi connectivity index (χ1v) is 10.7. The Morgan fingerprint density at radius 2 is 1.38 bits per heavy atom. The van der Waals surface area contributed by atoms with Crippen molar-refractivity contribution in [2.45, 2.75) is 38.8 Å². The number of benzene rings is 2. The number of esters is 1. The van der Waals surface area contributed by atoms with E-state index in [4.69, 9.17) is 9.16 Å². The van der Waals surface area contributed by atoms with Gasteiger partial charge in [0.2, 0.25) is 0 Å². The lowest BCUT2D eigenvalue weighted by molar-refractivity contribution is -0.137. The van der Waals surface area contributed by atoms with Gasteiger partial charge in [0, 0.05) is 0 Å². The van der Waals surface area contributed by atoms with Crippen LogP contribution in [0.25, 0.3) is 0 Å². The van der Waals surface area contributed by atoms with Crippen molar-refractivity contribution in [3.8, 4) is 0 Å². The third-order valence-corrected chi connectivity index (χ3v) is 9.82. The first-order valence-electron chi connectivity index (χ1n) is 8.80. The second-order valence-corrected chi connectivity index (χ2v) is 11.7. The number of hydrogen-bond acceptors (Lipinski definition) is 3. The highest BCUT2D eigenvalue weighted by molar-refractivity contribution is 6.99. The van der Waals surface area contributed by atoms with Crippen LogP contribution >= 0.6 is 0 Å². The molecule has 0 N–H and O–H groups in total. The molecule has 4 heteroatoms. The average Bonchev–Trinajstić information content (AvgIpc) is 2.65. The first kappa shape index (κ1) is 20.1. The molecule has 3 nitrogen and oxygen atoms in total. The fraction of sp³-hybridized carbons (Fsp3) is 0.318. The largest absolute Gasteiger partial charge is 0.466 e. The van der Waals surface area contributed by atoms with Crippen molar-refractivity contribution in [3.63, 3.8) is 0 Å². The smallest absolute Gasteiger partial charge is 0.335 e. The molecule has 26 heavy (non-hydrogen) atoms. The van der Waals surface area contributed by atoms with Crippen LogP contribution in [0.3, 0.4) is 0 Å². The molecule has 0 aromatic heterocycles. The Kier molecular flexibility index (Phi) is 6.21. The molecule has 0 radical (unpaired) electrons. The number of hydrogen-bond donors (Lipinski definition) is 0. The van der Waals surface area contributed by atoms with Gasteiger partial charge in [0.25, 0.3) is 8.32 Å². The van der Waals surface area contributed by atoms with Gasteiger partial charge in [-0.15, -0.1) is 0 Å². The molecule has 0 fully saturated rings. The van der Waals surface area contributed by atoms with Gasteiger partial charge in [0.15, 0.2) is 0 Å². The van der Waals surface area contributed by atoms with Crippen LogP contribution < -0.4 is 10.4 Å². The molecule has 0 saturated carbocycles. The van der Waals surface area contributed by atoms with E-state index >= 15 is 0 Å². The Balaban J connectivity index is 2.65. The Morgan fingerprint density at radius 1 is 0.962 bits per heavy atom. The van der Waals surface area contributed by atoms with Gasteiger partial charge in [-0.05, 0) is 22.3 Å². The third kappa shape index (κ3) is 3.81. The maximum absolute atomic E-state index is 12.0. The van der Waals surface area contributed by atoms with E-state index in [0.717, 1.165) is 0 Å². The van der Waals surface area contributed by atoms with E-state index in [9.17, 15) is 4.79 Å². The van der Waals surface area contributed by atoms with Crippen molar-refractivity contribution in [3.05, 3.63) is 72.8 Å². The van der Waals surface area contributed by atoms with Crippen molar-refractivity contribution < 1.29 is 14.0 Å². The maximum atomic E-state index is 12.0. The van der Waals surface area contributed by atoms with Crippen LogP contribution in [0, 0.1) is 0 Å². The van der Waals surface area contributed by atoms with E-state index < -0.39 is 20.4 Å². The van der Waals surface area contributed by atoms with Gasteiger partial charge in [-0.1, -0.05) is 88.0 Å². The normalized spacial score (nSPS) is 13.1. The first-order chi connectivity index (χ1) is 12.2. The molecule has 0 aliphatic carbocycles. The number of methoxy groups -OCH3 is 1. The highest BCUT2D eigenvalue weighted by Gasteiger charge is 2.51. The second kappa shape index (κ2) is 8.02. The zero-order valence-corrected chi connectivity index (χ0v) is 17.3. The summed E-state index contributed by atoms with van der Waals surface area (Å²) >= 11 is 0. The van der Waals surface area contributed by atoms with Crippen molar-refractivity contribution in [2.24, 2.45) is 0 Å². The minimum atomic E-state index is -2.70. The van der Waals surface area contributed by atoms with Crippen molar-refractivity contribution in [2.75, 3.05) is 7.11 Å².